The molecule has 4 heteroatoms. The molecule has 1 unspecified atom stereocenters. The second-order valence-corrected chi connectivity index (χ2v) is 4.86. The standard InChI is InChI=1S/C10H13NO2S/c1-10(2)7(8(10)9(12)13)4-6(5-11)14-3/h4,7-8H,1-3H3,(H,12,13)/b6-4+/t7-,8?/m0/s1. The number of nitrogens with zero attached hydrogens (tertiary/aromatic N) is 1. The normalized spacial score (nSPS) is 29.4. The zero-order chi connectivity index (χ0) is 10.9. The first-order valence-corrected chi connectivity index (χ1v) is 5.56. The van der Waals surface area contributed by atoms with Crippen LogP contribution >= 0.6 is 11.8 Å². The molecular weight excluding hydrogens is 198 g/mol. The minimum absolute atomic E-state index is 0.00194. The van der Waals surface area contributed by atoms with Crippen molar-refractivity contribution in [3.05, 3.63) is 11.0 Å². The van der Waals surface area contributed by atoms with Crippen LogP contribution in [0, 0.1) is 28.6 Å². The second-order valence-electron chi connectivity index (χ2n) is 4.01. The summed E-state index contributed by atoms with van der Waals surface area (Å²) in [4.78, 5) is 11.4. The van der Waals surface area contributed by atoms with Gasteiger partial charge in [-0.1, -0.05) is 19.9 Å². The summed E-state index contributed by atoms with van der Waals surface area (Å²) in [5.41, 5.74) is -0.205. The molecule has 0 amide bonds. The van der Waals surface area contributed by atoms with Crippen molar-refractivity contribution in [2.75, 3.05) is 6.26 Å². The van der Waals surface area contributed by atoms with E-state index in [2.05, 4.69) is 6.07 Å². The third-order valence-electron chi connectivity index (χ3n) is 2.84. The Labute approximate surface area is 87.8 Å². The number of hydrogen-bond donors (Lipinski definition) is 1. The highest BCUT2D eigenvalue weighted by Crippen LogP contribution is 2.59. The van der Waals surface area contributed by atoms with Crippen molar-refractivity contribution in [2.45, 2.75) is 13.8 Å². The summed E-state index contributed by atoms with van der Waals surface area (Å²) < 4.78 is 0. The third kappa shape index (κ3) is 1.78. The zero-order valence-electron chi connectivity index (χ0n) is 8.44. The van der Waals surface area contributed by atoms with Crippen LogP contribution in [-0.4, -0.2) is 17.3 Å². The lowest BCUT2D eigenvalue weighted by atomic mass is 10.1. The summed E-state index contributed by atoms with van der Waals surface area (Å²) in [5, 5.41) is 17.6. The Morgan fingerprint density at radius 2 is 2.21 bits per heavy atom. The van der Waals surface area contributed by atoms with Crippen molar-refractivity contribution in [3.8, 4) is 6.07 Å². The van der Waals surface area contributed by atoms with E-state index in [-0.39, 0.29) is 17.3 Å². The van der Waals surface area contributed by atoms with Crippen LogP contribution in [0.4, 0.5) is 0 Å². The van der Waals surface area contributed by atoms with Crippen molar-refractivity contribution >= 4 is 17.7 Å². The summed E-state index contributed by atoms with van der Waals surface area (Å²) in [6.07, 6.45) is 3.60. The molecule has 0 aromatic rings. The lowest BCUT2D eigenvalue weighted by molar-refractivity contribution is -0.139. The SMILES string of the molecule is CS/C(C#N)=C/[C@H]1C(C(=O)O)C1(C)C. The molecule has 1 aliphatic rings. The molecule has 1 rings (SSSR count). The minimum atomic E-state index is -0.769. The number of nitriles is 1. The molecule has 0 heterocycles. The molecule has 0 aromatic heterocycles. The van der Waals surface area contributed by atoms with Crippen molar-refractivity contribution < 1.29 is 9.90 Å². The number of aliphatic carboxylic acids is 1. The van der Waals surface area contributed by atoms with E-state index in [4.69, 9.17) is 10.4 Å². The summed E-state index contributed by atoms with van der Waals surface area (Å²) >= 11 is 1.36. The molecule has 0 aromatic carbocycles. The highest BCUT2D eigenvalue weighted by Gasteiger charge is 2.61. The predicted octanol–water partition coefficient (Wildman–Crippen LogP) is 2.11. The van der Waals surface area contributed by atoms with Gasteiger partial charge in [0.2, 0.25) is 0 Å². The highest BCUT2D eigenvalue weighted by molar-refractivity contribution is 8.02. The Bertz CT molecular complexity index is 328. The monoisotopic (exact) mass is 211 g/mol. The van der Waals surface area contributed by atoms with Gasteiger partial charge in [0, 0.05) is 0 Å². The van der Waals surface area contributed by atoms with Gasteiger partial charge in [-0.3, -0.25) is 4.79 Å². The van der Waals surface area contributed by atoms with E-state index in [9.17, 15) is 4.79 Å². The van der Waals surface area contributed by atoms with Gasteiger partial charge in [-0.15, -0.1) is 11.8 Å². The molecule has 3 nitrogen and oxygen atoms in total. The lowest BCUT2D eigenvalue weighted by Gasteiger charge is -1.97. The van der Waals surface area contributed by atoms with Crippen LogP contribution in [-0.2, 0) is 4.79 Å². The molecule has 0 saturated heterocycles. The number of hydrogen-bond acceptors (Lipinski definition) is 3. The van der Waals surface area contributed by atoms with E-state index in [1.807, 2.05) is 20.1 Å². The van der Waals surface area contributed by atoms with E-state index < -0.39 is 5.97 Å². The molecule has 76 valence electrons. The van der Waals surface area contributed by atoms with Gasteiger partial charge in [0.25, 0.3) is 0 Å². The number of allylic oxidation sites excluding steroid dienone is 2. The molecule has 0 radical (unpaired) electrons. The van der Waals surface area contributed by atoms with Crippen LogP contribution in [0.15, 0.2) is 11.0 Å². The summed E-state index contributed by atoms with van der Waals surface area (Å²) in [7, 11) is 0. The molecule has 1 saturated carbocycles. The van der Waals surface area contributed by atoms with Crippen LogP contribution in [0.2, 0.25) is 0 Å². The molecule has 14 heavy (non-hydrogen) atoms. The van der Waals surface area contributed by atoms with Gasteiger partial charge < -0.3 is 5.11 Å². The smallest absolute Gasteiger partial charge is 0.307 e. The number of rotatable bonds is 3. The summed E-state index contributed by atoms with van der Waals surface area (Å²) in [6.45, 7) is 3.84. The Balaban J connectivity index is 2.80. The first kappa shape index (κ1) is 11.1. The van der Waals surface area contributed by atoms with E-state index in [0.717, 1.165) is 0 Å². The average Bonchev–Trinajstić information content (AvgIpc) is 2.63. The summed E-state index contributed by atoms with van der Waals surface area (Å²) in [6, 6.07) is 2.05. The maximum Gasteiger partial charge on any atom is 0.307 e. The van der Waals surface area contributed by atoms with Gasteiger partial charge in [-0.05, 0) is 17.6 Å². The van der Waals surface area contributed by atoms with Crippen LogP contribution in [0.25, 0.3) is 0 Å². The van der Waals surface area contributed by atoms with Gasteiger partial charge >= 0.3 is 5.97 Å². The van der Waals surface area contributed by atoms with Crippen LogP contribution in [0.5, 0.6) is 0 Å². The number of carbonyl (C=O) groups is 1. The fourth-order valence-corrected chi connectivity index (χ4v) is 2.15. The van der Waals surface area contributed by atoms with E-state index >= 15 is 0 Å². The van der Waals surface area contributed by atoms with Gasteiger partial charge in [0.05, 0.1) is 10.8 Å². The number of carboxylic acids is 1. The van der Waals surface area contributed by atoms with Crippen molar-refractivity contribution in [1.82, 2.24) is 0 Å². The average molecular weight is 211 g/mol. The molecule has 1 N–H and O–H groups in total. The first-order valence-electron chi connectivity index (χ1n) is 4.34. The Hall–Kier alpha value is -0.950. The van der Waals surface area contributed by atoms with Crippen molar-refractivity contribution in [2.24, 2.45) is 17.3 Å². The molecule has 1 fully saturated rings. The minimum Gasteiger partial charge on any atom is -0.481 e. The van der Waals surface area contributed by atoms with E-state index in [1.54, 1.807) is 6.08 Å². The second kappa shape index (κ2) is 3.66. The van der Waals surface area contributed by atoms with Gasteiger partial charge in [-0.2, -0.15) is 5.26 Å². The van der Waals surface area contributed by atoms with Gasteiger partial charge in [-0.25, -0.2) is 0 Å². The highest BCUT2D eigenvalue weighted by atomic mass is 32.2. The molecule has 2 atom stereocenters. The number of thioether (sulfide) groups is 1. The van der Waals surface area contributed by atoms with Crippen LogP contribution in [0.1, 0.15) is 13.8 Å². The predicted molar refractivity (Wildman–Crippen MR) is 55.6 cm³/mol. The molecule has 1 aliphatic carbocycles. The molecule has 0 spiro atoms. The third-order valence-corrected chi connectivity index (χ3v) is 3.50. The van der Waals surface area contributed by atoms with Gasteiger partial charge in [0.1, 0.15) is 6.07 Å². The first-order chi connectivity index (χ1) is 6.45. The fraction of sp³-hybridized carbons (Fsp3) is 0.600. The zero-order valence-corrected chi connectivity index (χ0v) is 9.26. The molecule has 0 bridgehead atoms. The van der Waals surface area contributed by atoms with Crippen LogP contribution < -0.4 is 0 Å². The topological polar surface area (TPSA) is 61.1 Å². The Morgan fingerprint density at radius 3 is 2.50 bits per heavy atom. The molecule has 0 aliphatic heterocycles. The largest absolute Gasteiger partial charge is 0.481 e. The number of carboxylic acid groups (broad SMARTS) is 1. The lowest BCUT2D eigenvalue weighted by Crippen LogP contribution is -2.03. The van der Waals surface area contributed by atoms with Crippen molar-refractivity contribution in [3.63, 3.8) is 0 Å². The fourth-order valence-electron chi connectivity index (χ4n) is 1.77. The van der Waals surface area contributed by atoms with E-state index in [0.29, 0.717) is 4.91 Å². The maximum atomic E-state index is 10.8. The van der Waals surface area contributed by atoms with E-state index in [1.165, 1.54) is 11.8 Å². The quantitative estimate of drug-likeness (QED) is 0.726. The van der Waals surface area contributed by atoms with Gasteiger partial charge in [0.15, 0.2) is 0 Å². The maximum absolute atomic E-state index is 10.8. The van der Waals surface area contributed by atoms with Crippen LogP contribution in [0.3, 0.4) is 0 Å². The Morgan fingerprint density at radius 1 is 1.64 bits per heavy atom. The summed E-state index contributed by atoms with van der Waals surface area (Å²) in [5.74, 6) is -1.10. The Kier molecular flexibility index (Phi) is 2.91. The van der Waals surface area contributed by atoms with Crippen molar-refractivity contribution in [1.29, 1.82) is 5.26 Å². The molecular formula is C10H13NO2S.